The fraction of sp³-hybridized carbons (Fsp3) is 0.0667. The van der Waals surface area contributed by atoms with E-state index < -0.39 is 18.4 Å². The van der Waals surface area contributed by atoms with Crippen molar-refractivity contribution in [2.45, 2.75) is 0 Å². The fourth-order valence-electron chi connectivity index (χ4n) is 1.97. The highest BCUT2D eigenvalue weighted by Gasteiger charge is 2.20. The molecule has 0 saturated heterocycles. The van der Waals surface area contributed by atoms with Crippen LogP contribution in [0.2, 0.25) is 0 Å². The molecule has 0 bridgehead atoms. The summed E-state index contributed by atoms with van der Waals surface area (Å²) in [7, 11) is 10.6. The first-order chi connectivity index (χ1) is 11.5. The van der Waals surface area contributed by atoms with E-state index in [9.17, 15) is 9.59 Å². The van der Waals surface area contributed by atoms with Crippen molar-refractivity contribution in [3.05, 3.63) is 47.8 Å². The standard InChI is InChI=1S/C15H9B2N3O4/c16-20(8-13(21)22)15(23)14-12(24-17)5-11(7-19-14)10-3-1-2-9(4-10)6-18/h1-5,7H,8H2,(H,21,22). The van der Waals surface area contributed by atoms with Gasteiger partial charge in [-0.05, 0) is 23.8 Å². The highest BCUT2D eigenvalue weighted by molar-refractivity contribution is 6.19. The third kappa shape index (κ3) is 3.73. The molecule has 24 heavy (non-hydrogen) atoms. The van der Waals surface area contributed by atoms with Crippen LogP contribution in [0.3, 0.4) is 0 Å². The summed E-state index contributed by atoms with van der Waals surface area (Å²) in [6, 6.07) is 10.2. The number of carbonyl (C=O) groups is 2. The number of pyridine rings is 1. The number of amides is 1. The van der Waals surface area contributed by atoms with E-state index in [2.05, 4.69) is 9.64 Å². The van der Waals surface area contributed by atoms with Crippen LogP contribution in [0.5, 0.6) is 5.75 Å². The number of nitrogens with zero attached hydrogens (tertiary/aromatic N) is 3. The lowest BCUT2D eigenvalue weighted by Gasteiger charge is -2.17. The topological polar surface area (TPSA) is 104 Å². The molecule has 0 saturated carbocycles. The van der Waals surface area contributed by atoms with Crippen molar-refractivity contribution in [2.75, 3.05) is 6.54 Å². The molecule has 2 rings (SSSR count). The molecule has 1 heterocycles. The van der Waals surface area contributed by atoms with Gasteiger partial charge in [-0.15, -0.1) is 0 Å². The van der Waals surface area contributed by atoms with Crippen LogP contribution < -0.4 is 4.65 Å². The van der Waals surface area contributed by atoms with E-state index in [0.29, 0.717) is 21.5 Å². The summed E-state index contributed by atoms with van der Waals surface area (Å²) in [5, 5.41) is 17.6. The lowest BCUT2D eigenvalue weighted by molar-refractivity contribution is -0.136. The average Bonchev–Trinajstić information content (AvgIpc) is 2.60. The molecule has 1 amide bonds. The molecule has 0 fully saturated rings. The van der Waals surface area contributed by atoms with Crippen LogP contribution in [0.25, 0.3) is 11.1 Å². The quantitative estimate of drug-likeness (QED) is 0.814. The molecule has 0 spiro atoms. The van der Waals surface area contributed by atoms with Crippen LogP contribution in [0.1, 0.15) is 16.1 Å². The third-order valence-corrected chi connectivity index (χ3v) is 3.07. The normalized spacial score (nSPS) is 9.79. The number of carbonyl (C=O) groups excluding carboxylic acids is 1. The van der Waals surface area contributed by atoms with Crippen LogP contribution >= 0.6 is 0 Å². The number of hydrogen-bond donors (Lipinski definition) is 1. The van der Waals surface area contributed by atoms with Gasteiger partial charge in [-0.2, -0.15) is 5.26 Å². The smallest absolute Gasteiger partial charge is 0.374 e. The monoisotopic (exact) mass is 317 g/mol. The van der Waals surface area contributed by atoms with Crippen LogP contribution in [-0.2, 0) is 4.79 Å². The summed E-state index contributed by atoms with van der Waals surface area (Å²) in [4.78, 5) is 27.2. The molecule has 0 aliphatic carbocycles. The Bertz CT molecular complexity index is 836. The Morgan fingerprint density at radius 3 is 2.71 bits per heavy atom. The van der Waals surface area contributed by atoms with Crippen molar-refractivity contribution in [1.29, 1.82) is 5.26 Å². The van der Waals surface area contributed by atoms with Gasteiger partial charge >= 0.3 is 14.0 Å². The summed E-state index contributed by atoms with van der Waals surface area (Å²) >= 11 is 0. The summed E-state index contributed by atoms with van der Waals surface area (Å²) < 4.78 is 4.66. The summed E-state index contributed by atoms with van der Waals surface area (Å²) in [5.41, 5.74) is 1.47. The van der Waals surface area contributed by atoms with E-state index in [1.54, 1.807) is 24.3 Å². The predicted molar refractivity (Wildman–Crippen MR) is 85.2 cm³/mol. The fourth-order valence-corrected chi connectivity index (χ4v) is 1.97. The minimum absolute atomic E-state index is 0.0688. The first-order valence-corrected chi connectivity index (χ1v) is 6.62. The van der Waals surface area contributed by atoms with Gasteiger partial charge in [0.2, 0.25) is 7.98 Å². The van der Waals surface area contributed by atoms with Gasteiger partial charge in [0.1, 0.15) is 12.3 Å². The van der Waals surface area contributed by atoms with Gasteiger partial charge < -0.3 is 14.6 Å². The number of aromatic nitrogens is 1. The zero-order chi connectivity index (χ0) is 17.7. The van der Waals surface area contributed by atoms with Crippen molar-refractivity contribution < 1.29 is 19.3 Å². The van der Waals surface area contributed by atoms with Crippen LogP contribution in [-0.4, -0.2) is 49.4 Å². The number of hydrogen-bond acceptors (Lipinski definition) is 5. The molecule has 1 aromatic heterocycles. The van der Waals surface area contributed by atoms with E-state index in [1.807, 2.05) is 6.07 Å². The Morgan fingerprint density at radius 1 is 1.33 bits per heavy atom. The first kappa shape index (κ1) is 17.1. The Balaban J connectivity index is 2.39. The van der Waals surface area contributed by atoms with E-state index in [4.69, 9.17) is 26.4 Å². The Morgan fingerprint density at radius 2 is 2.08 bits per heavy atom. The zero-order valence-corrected chi connectivity index (χ0v) is 12.3. The van der Waals surface area contributed by atoms with Crippen molar-refractivity contribution in [3.63, 3.8) is 0 Å². The van der Waals surface area contributed by atoms with Gasteiger partial charge in [-0.1, -0.05) is 12.1 Å². The SMILES string of the molecule is [B]Oc1cc(-c2cccc(C#N)c2)cnc1C(=O)N([B])CC(=O)O. The molecule has 4 radical (unpaired) electrons. The van der Waals surface area contributed by atoms with E-state index in [-0.39, 0.29) is 11.4 Å². The molecule has 1 aromatic carbocycles. The number of nitriles is 1. The Kier molecular flexibility index (Phi) is 5.22. The molecule has 9 heteroatoms. The molecule has 0 aliphatic rings. The summed E-state index contributed by atoms with van der Waals surface area (Å²) in [5.74, 6) is -2.19. The molecular weight excluding hydrogens is 308 g/mol. The number of carboxylic acid groups (broad SMARTS) is 1. The summed E-state index contributed by atoms with van der Waals surface area (Å²) in [6.45, 7) is -0.698. The maximum absolute atomic E-state index is 12.1. The average molecular weight is 317 g/mol. The second-order valence-corrected chi connectivity index (χ2v) is 4.71. The predicted octanol–water partition coefficient (Wildman–Crippen LogP) is 0.693. The molecule has 7 nitrogen and oxygen atoms in total. The second kappa shape index (κ2) is 7.33. The molecule has 1 N–H and O–H groups in total. The van der Waals surface area contributed by atoms with E-state index in [0.717, 1.165) is 0 Å². The van der Waals surface area contributed by atoms with Crippen molar-refractivity contribution in [1.82, 2.24) is 9.79 Å². The zero-order valence-electron chi connectivity index (χ0n) is 12.3. The van der Waals surface area contributed by atoms with Crippen molar-refractivity contribution in [3.8, 4) is 22.9 Å². The van der Waals surface area contributed by atoms with Gasteiger partial charge in [-0.25, -0.2) is 4.98 Å². The van der Waals surface area contributed by atoms with Gasteiger partial charge in [0.25, 0.3) is 5.91 Å². The lowest BCUT2D eigenvalue weighted by atomic mass is 10.0. The molecule has 0 unspecified atom stereocenters. The first-order valence-electron chi connectivity index (χ1n) is 6.62. The second-order valence-electron chi connectivity index (χ2n) is 4.71. The minimum atomic E-state index is -1.27. The van der Waals surface area contributed by atoms with E-state index in [1.165, 1.54) is 12.3 Å². The van der Waals surface area contributed by atoms with Gasteiger partial charge in [0, 0.05) is 11.8 Å². The minimum Gasteiger partial charge on any atom is -0.566 e. The van der Waals surface area contributed by atoms with Crippen LogP contribution in [0, 0.1) is 11.3 Å². The Labute approximate surface area is 140 Å². The maximum Gasteiger partial charge on any atom is 0.374 e. The Hall–Kier alpha value is -3.27. The van der Waals surface area contributed by atoms with Crippen molar-refractivity contribution >= 4 is 27.9 Å². The van der Waals surface area contributed by atoms with E-state index >= 15 is 0 Å². The number of benzene rings is 1. The largest absolute Gasteiger partial charge is 0.566 e. The maximum atomic E-state index is 12.1. The molecular formula is C15H9B2N3O4. The highest BCUT2D eigenvalue weighted by Crippen LogP contribution is 2.26. The van der Waals surface area contributed by atoms with Gasteiger partial charge in [0.15, 0.2) is 5.69 Å². The molecule has 0 atom stereocenters. The molecule has 0 aliphatic heterocycles. The summed E-state index contributed by atoms with van der Waals surface area (Å²) in [6.07, 6.45) is 1.38. The van der Waals surface area contributed by atoms with Gasteiger partial charge in [-0.3, -0.25) is 9.59 Å². The van der Waals surface area contributed by atoms with Crippen LogP contribution in [0.4, 0.5) is 0 Å². The van der Waals surface area contributed by atoms with Crippen molar-refractivity contribution in [2.24, 2.45) is 0 Å². The number of aliphatic carboxylic acids is 1. The van der Waals surface area contributed by atoms with Crippen LogP contribution in [0.15, 0.2) is 36.5 Å². The number of rotatable bonds is 5. The lowest BCUT2D eigenvalue weighted by Crippen LogP contribution is -2.34. The molecule has 114 valence electrons. The third-order valence-electron chi connectivity index (χ3n) is 3.07. The molecule has 2 aromatic rings. The van der Waals surface area contributed by atoms with Gasteiger partial charge in [0.05, 0.1) is 11.6 Å². The number of carboxylic acids is 1. The highest BCUT2D eigenvalue weighted by atomic mass is 16.4.